The Morgan fingerprint density at radius 3 is 2.52 bits per heavy atom. The highest BCUT2D eigenvalue weighted by Gasteiger charge is 2.14. The molecule has 2 unspecified atom stereocenters. The summed E-state index contributed by atoms with van der Waals surface area (Å²) in [6.45, 7) is 3.26. The summed E-state index contributed by atoms with van der Waals surface area (Å²) >= 11 is 0. The maximum Gasteiger partial charge on any atom is 0.0751 e. The Balaban J connectivity index is 2.00. The molecule has 21 heavy (non-hydrogen) atoms. The van der Waals surface area contributed by atoms with Crippen molar-refractivity contribution in [3.05, 3.63) is 66.0 Å². The van der Waals surface area contributed by atoms with Gasteiger partial charge in [-0.3, -0.25) is 4.98 Å². The van der Waals surface area contributed by atoms with E-state index in [4.69, 9.17) is 5.11 Å². The van der Waals surface area contributed by atoms with Crippen LogP contribution in [0.2, 0.25) is 0 Å². The van der Waals surface area contributed by atoms with Gasteiger partial charge in [-0.05, 0) is 43.0 Å². The van der Waals surface area contributed by atoms with Gasteiger partial charge in [0.15, 0.2) is 0 Å². The Morgan fingerprint density at radius 1 is 1.10 bits per heavy atom. The number of pyridine rings is 1. The zero-order valence-corrected chi connectivity index (χ0v) is 12.6. The second-order valence-electron chi connectivity index (χ2n) is 5.48. The van der Waals surface area contributed by atoms with Gasteiger partial charge < -0.3 is 10.4 Å². The van der Waals surface area contributed by atoms with E-state index in [1.54, 1.807) is 0 Å². The van der Waals surface area contributed by atoms with Crippen molar-refractivity contribution in [3.63, 3.8) is 0 Å². The molecule has 2 rings (SSSR count). The summed E-state index contributed by atoms with van der Waals surface area (Å²) in [5.74, 6) is 0.372. The van der Waals surface area contributed by atoms with Gasteiger partial charge >= 0.3 is 0 Å². The summed E-state index contributed by atoms with van der Waals surface area (Å²) in [4.78, 5) is 4.48. The average molecular weight is 284 g/mol. The van der Waals surface area contributed by atoms with E-state index in [0.29, 0.717) is 5.92 Å². The molecule has 2 aromatic rings. The molecule has 0 aliphatic rings. The molecule has 0 radical (unpaired) electrons. The van der Waals surface area contributed by atoms with Gasteiger partial charge in [0, 0.05) is 12.8 Å². The molecule has 0 bridgehead atoms. The van der Waals surface area contributed by atoms with Crippen molar-refractivity contribution in [2.24, 2.45) is 5.92 Å². The number of hydrogen-bond donors (Lipinski definition) is 2. The van der Waals surface area contributed by atoms with Crippen LogP contribution in [0.15, 0.2) is 54.7 Å². The summed E-state index contributed by atoms with van der Waals surface area (Å²) in [5, 5.41) is 12.7. The van der Waals surface area contributed by atoms with Crippen LogP contribution in [0.5, 0.6) is 0 Å². The fraction of sp³-hybridized carbons (Fsp3) is 0.389. The van der Waals surface area contributed by atoms with Crippen molar-refractivity contribution in [2.75, 3.05) is 13.2 Å². The van der Waals surface area contributed by atoms with Crippen LogP contribution < -0.4 is 5.32 Å². The minimum absolute atomic E-state index is 0.122. The first-order valence-corrected chi connectivity index (χ1v) is 7.61. The second-order valence-corrected chi connectivity index (χ2v) is 5.48. The van der Waals surface area contributed by atoms with E-state index in [1.807, 2.05) is 24.4 Å². The molecule has 0 saturated heterocycles. The Hall–Kier alpha value is -1.71. The molecule has 2 N–H and O–H groups in total. The van der Waals surface area contributed by atoms with Crippen molar-refractivity contribution in [1.82, 2.24) is 10.3 Å². The van der Waals surface area contributed by atoms with Crippen LogP contribution in [-0.4, -0.2) is 23.2 Å². The van der Waals surface area contributed by atoms with Crippen LogP contribution in [0.25, 0.3) is 0 Å². The number of nitrogens with one attached hydrogen (secondary N) is 1. The zero-order valence-electron chi connectivity index (χ0n) is 12.6. The molecule has 1 aromatic carbocycles. The molecule has 112 valence electrons. The predicted molar refractivity (Wildman–Crippen MR) is 86.0 cm³/mol. The first-order chi connectivity index (χ1) is 10.3. The Morgan fingerprint density at radius 2 is 1.86 bits per heavy atom. The fourth-order valence-corrected chi connectivity index (χ4v) is 2.37. The number of rotatable bonds is 8. The van der Waals surface area contributed by atoms with Crippen LogP contribution in [0.1, 0.15) is 37.1 Å². The van der Waals surface area contributed by atoms with Gasteiger partial charge in [-0.25, -0.2) is 0 Å². The monoisotopic (exact) mass is 284 g/mol. The molecule has 1 heterocycles. The lowest BCUT2D eigenvalue weighted by molar-refractivity contribution is 0.227. The molecule has 0 saturated carbocycles. The quantitative estimate of drug-likeness (QED) is 0.732. The number of hydrogen-bond acceptors (Lipinski definition) is 3. The van der Waals surface area contributed by atoms with Gasteiger partial charge in [0.2, 0.25) is 0 Å². The standard InChI is InChI=1S/C18H24N2O/c1-15(14-21)8-7-13-20-18(16-9-3-2-4-10-16)17-11-5-6-12-19-17/h2-6,9-12,15,18,20-21H,7-8,13-14H2,1H3. The average Bonchev–Trinajstić information content (AvgIpc) is 2.56. The summed E-state index contributed by atoms with van der Waals surface area (Å²) in [5.41, 5.74) is 2.27. The number of aromatic nitrogens is 1. The minimum Gasteiger partial charge on any atom is -0.396 e. The molecule has 0 amide bonds. The third-order valence-corrected chi connectivity index (χ3v) is 3.65. The highest BCUT2D eigenvalue weighted by atomic mass is 16.3. The van der Waals surface area contributed by atoms with Crippen LogP contribution in [-0.2, 0) is 0 Å². The van der Waals surface area contributed by atoms with Gasteiger partial charge in [-0.1, -0.05) is 43.3 Å². The molecule has 0 aliphatic carbocycles. The van der Waals surface area contributed by atoms with E-state index in [2.05, 4.69) is 47.6 Å². The topological polar surface area (TPSA) is 45.1 Å². The Bertz CT molecular complexity index is 462. The van der Waals surface area contributed by atoms with E-state index in [1.165, 1.54) is 5.56 Å². The van der Waals surface area contributed by atoms with Crippen molar-refractivity contribution in [3.8, 4) is 0 Å². The number of aliphatic hydroxyl groups is 1. The van der Waals surface area contributed by atoms with Crippen molar-refractivity contribution in [1.29, 1.82) is 0 Å². The largest absolute Gasteiger partial charge is 0.396 e. The Kier molecular flexibility index (Phi) is 6.38. The summed E-state index contributed by atoms with van der Waals surface area (Å²) in [6.07, 6.45) is 3.92. The van der Waals surface area contributed by atoms with E-state index in [9.17, 15) is 0 Å². The number of nitrogens with zero attached hydrogens (tertiary/aromatic N) is 1. The van der Waals surface area contributed by atoms with E-state index in [0.717, 1.165) is 25.1 Å². The first kappa shape index (κ1) is 15.7. The second kappa shape index (κ2) is 8.55. The first-order valence-electron chi connectivity index (χ1n) is 7.61. The van der Waals surface area contributed by atoms with Crippen LogP contribution >= 0.6 is 0 Å². The predicted octanol–water partition coefficient (Wildman–Crippen LogP) is 3.17. The van der Waals surface area contributed by atoms with Crippen molar-refractivity contribution in [2.45, 2.75) is 25.8 Å². The molecule has 0 fully saturated rings. The van der Waals surface area contributed by atoms with Gasteiger partial charge in [-0.2, -0.15) is 0 Å². The zero-order chi connectivity index (χ0) is 14.9. The lowest BCUT2D eigenvalue weighted by Crippen LogP contribution is -2.24. The lowest BCUT2D eigenvalue weighted by atomic mass is 10.0. The van der Waals surface area contributed by atoms with Gasteiger partial charge in [0.1, 0.15) is 0 Å². The lowest BCUT2D eigenvalue weighted by Gasteiger charge is -2.19. The molecule has 0 aliphatic heterocycles. The molecule has 2 atom stereocenters. The van der Waals surface area contributed by atoms with E-state index in [-0.39, 0.29) is 12.6 Å². The van der Waals surface area contributed by atoms with E-state index < -0.39 is 0 Å². The summed E-state index contributed by atoms with van der Waals surface area (Å²) in [7, 11) is 0. The number of benzene rings is 1. The van der Waals surface area contributed by atoms with Crippen LogP contribution in [0, 0.1) is 5.92 Å². The highest BCUT2D eigenvalue weighted by Crippen LogP contribution is 2.20. The fourth-order valence-electron chi connectivity index (χ4n) is 2.37. The van der Waals surface area contributed by atoms with Crippen LogP contribution in [0.3, 0.4) is 0 Å². The molecule has 0 spiro atoms. The normalized spacial score (nSPS) is 13.8. The molecular formula is C18H24N2O. The van der Waals surface area contributed by atoms with Gasteiger partial charge in [0.25, 0.3) is 0 Å². The third kappa shape index (κ3) is 4.96. The third-order valence-electron chi connectivity index (χ3n) is 3.65. The van der Waals surface area contributed by atoms with Crippen LogP contribution in [0.4, 0.5) is 0 Å². The molecular weight excluding hydrogens is 260 g/mol. The molecule has 3 nitrogen and oxygen atoms in total. The Labute approximate surface area is 127 Å². The summed E-state index contributed by atoms with van der Waals surface area (Å²) < 4.78 is 0. The number of aliphatic hydroxyl groups excluding tert-OH is 1. The molecule has 3 heteroatoms. The summed E-state index contributed by atoms with van der Waals surface area (Å²) in [6, 6.07) is 16.5. The molecule has 1 aromatic heterocycles. The van der Waals surface area contributed by atoms with Gasteiger partial charge in [0.05, 0.1) is 11.7 Å². The highest BCUT2D eigenvalue weighted by molar-refractivity contribution is 5.27. The van der Waals surface area contributed by atoms with Crippen molar-refractivity contribution < 1.29 is 5.11 Å². The van der Waals surface area contributed by atoms with Gasteiger partial charge in [-0.15, -0.1) is 0 Å². The smallest absolute Gasteiger partial charge is 0.0751 e. The maximum absolute atomic E-state index is 9.07. The maximum atomic E-state index is 9.07. The van der Waals surface area contributed by atoms with E-state index >= 15 is 0 Å². The minimum atomic E-state index is 0.122. The van der Waals surface area contributed by atoms with Crippen molar-refractivity contribution >= 4 is 0 Å². The SMILES string of the molecule is CC(CO)CCCNC(c1ccccc1)c1ccccn1.